The van der Waals surface area contributed by atoms with E-state index in [9.17, 15) is 0 Å². The summed E-state index contributed by atoms with van der Waals surface area (Å²) in [6.45, 7) is 4.62. The highest BCUT2D eigenvalue weighted by Crippen LogP contribution is 2.20. The minimum atomic E-state index is 0.900. The van der Waals surface area contributed by atoms with E-state index in [-0.39, 0.29) is 0 Å². The lowest BCUT2D eigenvalue weighted by Gasteiger charge is -2.11. The zero-order chi connectivity index (χ0) is 8.81. The van der Waals surface area contributed by atoms with Gasteiger partial charge in [0.15, 0.2) is 0 Å². The second kappa shape index (κ2) is 5.18. The van der Waals surface area contributed by atoms with Crippen LogP contribution in [0, 0.1) is 5.92 Å². The van der Waals surface area contributed by atoms with Gasteiger partial charge in [0.25, 0.3) is 0 Å². The summed E-state index contributed by atoms with van der Waals surface area (Å²) >= 11 is 0. The lowest BCUT2D eigenvalue weighted by atomic mass is 9.95. The fourth-order valence-electron chi connectivity index (χ4n) is 1.50. The van der Waals surface area contributed by atoms with Crippen molar-refractivity contribution in [3.8, 4) is 0 Å². The van der Waals surface area contributed by atoms with Crippen LogP contribution in [0.5, 0.6) is 0 Å². The Hall–Kier alpha value is -0.520. The van der Waals surface area contributed by atoms with Gasteiger partial charge in [0.05, 0.1) is 0 Å². The van der Waals surface area contributed by atoms with Crippen LogP contribution in [0.2, 0.25) is 0 Å². The monoisotopic (exact) mass is 164 g/mol. The van der Waals surface area contributed by atoms with Crippen molar-refractivity contribution in [3.63, 3.8) is 0 Å². The Bertz CT molecular complexity index is 174. The van der Waals surface area contributed by atoms with Crippen LogP contribution in [0.15, 0.2) is 23.8 Å². The van der Waals surface area contributed by atoms with Crippen molar-refractivity contribution >= 4 is 0 Å². The minimum absolute atomic E-state index is 0.900. The molecule has 68 valence electrons. The van der Waals surface area contributed by atoms with E-state index in [1.54, 1.807) is 5.57 Å². The second-order valence-corrected chi connectivity index (χ2v) is 3.84. The molecule has 0 aromatic heterocycles. The van der Waals surface area contributed by atoms with E-state index in [1.165, 1.54) is 32.1 Å². The molecule has 0 bridgehead atoms. The zero-order valence-corrected chi connectivity index (χ0v) is 8.34. The third-order valence-electron chi connectivity index (χ3n) is 2.76. The summed E-state index contributed by atoms with van der Waals surface area (Å²) in [5.41, 5.74) is 1.65. The molecule has 0 radical (unpaired) electrons. The highest BCUT2D eigenvalue weighted by Gasteiger charge is 2.02. The highest BCUT2D eigenvalue weighted by atomic mass is 14.1. The molecule has 1 rings (SSSR count). The van der Waals surface area contributed by atoms with Crippen LogP contribution in [-0.2, 0) is 0 Å². The van der Waals surface area contributed by atoms with Gasteiger partial charge in [-0.25, -0.2) is 0 Å². The predicted octanol–water partition coefficient (Wildman–Crippen LogP) is 4.09. The lowest BCUT2D eigenvalue weighted by Crippen LogP contribution is -1.95. The van der Waals surface area contributed by atoms with Gasteiger partial charge < -0.3 is 0 Å². The molecule has 0 aromatic carbocycles. The second-order valence-electron chi connectivity index (χ2n) is 3.84. The van der Waals surface area contributed by atoms with E-state index < -0.39 is 0 Å². The number of rotatable bonds is 4. The van der Waals surface area contributed by atoms with E-state index in [2.05, 4.69) is 32.1 Å². The number of hydrogen-bond donors (Lipinski definition) is 0. The van der Waals surface area contributed by atoms with Gasteiger partial charge in [-0.3, -0.25) is 0 Å². The maximum Gasteiger partial charge on any atom is -0.0282 e. The summed E-state index contributed by atoms with van der Waals surface area (Å²) in [6.07, 6.45) is 13.3. The highest BCUT2D eigenvalue weighted by molar-refractivity contribution is 5.17. The summed E-state index contributed by atoms with van der Waals surface area (Å²) in [5.74, 6) is 0.900. The normalized spacial score (nSPS) is 19.0. The lowest BCUT2D eigenvalue weighted by molar-refractivity contribution is 0.511. The first-order valence-electron chi connectivity index (χ1n) is 5.17. The molecule has 0 fully saturated rings. The van der Waals surface area contributed by atoms with E-state index >= 15 is 0 Å². The van der Waals surface area contributed by atoms with Crippen molar-refractivity contribution in [3.05, 3.63) is 23.8 Å². The molecule has 1 unspecified atom stereocenters. The standard InChI is InChI=1S/C12H20/c1-3-11(2)9-10-12-7-5-4-6-8-12/h4-5,7,11H,3,6,8-10H2,1-2H3. The van der Waals surface area contributed by atoms with Crippen LogP contribution >= 0.6 is 0 Å². The summed E-state index contributed by atoms with van der Waals surface area (Å²) in [5, 5.41) is 0. The third-order valence-corrected chi connectivity index (χ3v) is 2.76. The van der Waals surface area contributed by atoms with Gasteiger partial charge >= 0.3 is 0 Å². The van der Waals surface area contributed by atoms with Crippen molar-refractivity contribution < 1.29 is 0 Å². The Morgan fingerprint density at radius 1 is 1.50 bits per heavy atom. The van der Waals surface area contributed by atoms with E-state index in [0.29, 0.717) is 0 Å². The van der Waals surface area contributed by atoms with Gasteiger partial charge in [-0.05, 0) is 31.6 Å². The van der Waals surface area contributed by atoms with Gasteiger partial charge in [-0.2, -0.15) is 0 Å². The topological polar surface area (TPSA) is 0 Å². The molecule has 0 saturated heterocycles. The van der Waals surface area contributed by atoms with E-state index in [1.807, 2.05) is 0 Å². The van der Waals surface area contributed by atoms with Crippen LogP contribution in [0.25, 0.3) is 0 Å². The molecule has 0 saturated carbocycles. The molecular weight excluding hydrogens is 144 g/mol. The maximum absolute atomic E-state index is 2.35. The molecule has 0 nitrogen and oxygen atoms in total. The summed E-state index contributed by atoms with van der Waals surface area (Å²) < 4.78 is 0. The van der Waals surface area contributed by atoms with Crippen LogP contribution in [0.1, 0.15) is 46.0 Å². The van der Waals surface area contributed by atoms with Crippen LogP contribution in [-0.4, -0.2) is 0 Å². The Labute approximate surface area is 76.4 Å². The van der Waals surface area contributed by atoms with E-state index in [4.69, 9.17) is 0 Å². The quantitative estimate of drug-likeness (QED) is 0.587. The molecule has 12 heavy (non-hydrogen) atoms. The van der Waals surface area contributed by atoms with Crippen molar-refractivity contribution in [2.45, 2.75) is 46.0 Å². The fourth-order valence-corrected chi connectivity index (χ4v) is 1.50. The predicted molar refractivity (Wildman–Crippen MR) is 55.1 cm³/mol. The first-order valence-corrected chi connectivity index (χ1v) is 5.17. The van der Waals surface area contributed by atoms with E-state index in [0.717, 1.165) is 5.92 Å². The molecule has 0 spiro atoms. The number of allylic oxidation sites excluding steroid dienone is 4. The molecule has 1 atom stereocenters. The van der Waals surface area contributed by atoms with Crippen molar-refractivity contribution in [1.29, 1.82) is 0 Å². The largest absolute Gasteiger partial charge is 0.0842 e. The molecule has 0 amide bonds. The SMILES string of the molecule is CCC(C)CCC1=CC=CCC1. The molecular formula is C12H20. The Kier molecular flexibility index (Phi) is 4.13. The third kappa shape index (κ3) is 3.25. The fraction of sp³-hybridized carbons (Fsp3) is 0.667. The van der Waals surface area contributed by atoms with Crippen molar-refractivity contribution in [1.82, 2.24) is 0 Å². The Balaban J connectivity index is 2.22. The molecule has 0 heterocycles. The van der Waals surface area contributed by atoms with Crippen molar-refractivity contribution in [2.24, 2.45) is 5.92 Å². The van der Waals surface area contributed by atoms with Gasteiger partial charge in [0.1, 0.15) is 0 Å². The van der Waals surface area contributed by atoms with Gasteiger partial charge in [0, 0.05) is 0 Å². The van der Waals surface area contributed by atoms with Crippen LogP contribution in [0.3, 0.4) is 0 Å². The molecule has 1 aliphatic rings. The Morgan fingerprint density at radius 2 is 2.33 bits per heavy atom. The maximum atomic E-state index is 2.35. The molecule has 1 aliphatic carbocycles. The van der Waals surface area contributed by atoms with Crippen LogP contribution < -0.4 is 0 Å². The average molecular weight is 164 g/mol. The minimum Gasteiger partial charge on any atom is -0.0842 e. The zero-order valence-electron chi connectivity index (χ0n) is 8.34. The molecule has 0 N–H and O–H groups in total. The Morgan fingerprint density at radius 3 is 2.92 bits per heavy atom. The van der Waals surface area contributed by atoms with Gasteiger partial charge in [-0.1, -0.05) is 44.1 Å². The molecule has 0 aromatic rings. The van der Waals surface area contributed by atoms with Gasteiger partial charge in [0.2, 0.25) is 0 Å². The first-order chi connectivity index (χ1) is 5.83. The molecule has 0 aliphatic heterocycles. The van der Waals surface area contributed by atoms with Crippen LogP contribution in [0.4, 0.5) is 0 Å². The first kappa shape index (κ1) is 9.57. The van der Waals surface area contributed by atoms with Gasteiger partial charge in [-0.15, -0.1) is 0 Å². The summed E-state index contributed by atoms with van der Waals surface area (Å²) in [6, 6.07) is 0. The summed E-state index contributed by atoms with van der Waals surface area (Å²) in [7, 11) is 0. The summed E-state index contributed by atoms with van der Waals surface area (Å²) in [4.78, 5) is 0. The van der Waals surface area contributed by atoms with Crippen molar-refractivity contribution in [2.75, 3.05) is 0 Å². The molecule has 0 heteroatoms. The smallest absolute Gasteiger partial charge is 0.0282 e. The number of hydrogen-bond acceptors (Lipinski definition) is 0. The average Bonchev–Trinajstić information content (AvgIpc) is 2.16.